The first kappa shape index (κ1) is 24.9. The van der Waals surface area contributed by atoms with Crippen LogP contribution >= 0.6 is 0 Å². The third-order valence-electron chi connectivity index (χ3n) is 6.60. The molecule has 0 aromatic heterocycles. The van der Waals surface area contributed by atoms with Crippen molar-refractivity contribution in [2.45, 2.75) is 103 Å². The maximum Gasteiger partial charge on any atom is 0.105 e. The molecule has 0 saturated carbocycles. The summed E-state index contributed by atoms with van der Waals surface area (Å²) in [7, 11) is 4.79. The lowest BCUT2D eigenvalue weighted by molar-refractivity contribution is -0.903. The van der Waals surface area contributed by atoms with Crippen molar-refractivity contribution in [3.05, 3.63) is 48.0 Å². The molecule has 0 atom stereocenters. The molecule has 2 aromatic carbocycles. The Balaban J connectivity index is 1.50. The van der Waals surface area contributed by atoms with Crippen molar-refractivity contribution < 1.29 is 4.48 Å². The van der Waals surface area contributed by atoms with Gasteiger partial charge in [-0.1, -0.05) is 126 Å². The van der Waals surface area contributed by atoms with Gasteiger partial charge >= 0.3 is 0 Å². The number of nitrogens with zero attached hydrogens (tertiary/aromatic N) is 1. The molecule has 1 heteroatoms. The van der Waals surface area contributed by atoms with Gasteiger partial charge in [0, 0.05) is 5.56 Å². The fourth-order valence-corrected chi connectivity index (χ4v) is 4.70. The highest BCUT2D eigenvalue weighted by atomic mass is 15.3. The van der Waals surface area contributed by atoms with Gasteiger partial charge in [0.2, 0.25) is 0 Å². The van der Waals surface area contributed by atoms with E-state index in [0.29, 0.717) is 0 Å². The van der Waals surface area contributed by atoms with Gasteiger partial charge in [-0.25, -0.2) is 0 Å². The number of unbranched alkanes of at least 4 members (excludes halogenated alkanes) is 13. The van der Waals surface area contributed by atoms with E-state index < -0.39 is 0 Å². The Morgan fingerprint density at radius 3 is 1.67 bits per heavy atom. The molecule has 0 aliphatic rings. The van der Waals surface area contributed by atoms with E-state index >= 15 is 0 Å². The highest BCUT2D eigenvalue weighted by molar-refractivity contribution is 5.85. The number of rotatable bonds is 17. The van der Waals surface area contributed by atoms with Gasteiger partial charge in [0.1, 0.15) is 6.54 Å². The van der Waals surface area contributed by atoms with Gasteiger partial charge in [-0.3, -0.25) is 0 Å². The highest BCUT2D eigenvalue weighted by Gasteiger charge is 2.16. The molecule has 0 spiro atoms. The van der Waals surface area contributed by atoms with E-state index in [1.807, 2.05) is 0 Å². The van der Waals surface area contributed by atoms with Gasteiger partial charge in [-0.15, -0.1) is 0 Å². The first-order valence-electron chi connectivity index (χ1n) is 12.9. The molecule has 0 aliphatic heterocycles. The third-order valence-corrected chi connectivity index (χ3v) is 6.60. The molecule has 30 heavy (non-hydrogen) atoms. The molecule has 0 aliphatic carbocycles. The Hall–Kier alpha value is -1.34. The van der Waals surface area contributed by atoms with Crippen molar-refractivity contribution in [3.63, 3.8) is 0 Å². The van der Waals surface area contributed by atoms with Crippen LogP contribution < -0.4 is 0 Å². The largest absolute Gasteiger partial charge is 0.325 e. The van der Waals surface area contributed by atoms with E-state index in [-0.39, 0.29) is 0 Å². The Morgan fingerprint density at radius 2 is 1.07 bits per heavy atom. The van der Waals surface area contributed by atoms with Crippen molar-refractivity contribution in [3.8, 4) is 0 Å². The van der Waals surface area contributed by atoms with E-state index in [1.165, 1.54) is 113 Å². The molecule has 0 radical (unpaired) electrons. The average molecular weight is 411 g/mol. The smallest absolute Gasteiger partial charge is 0.105 e. The van der Waals surface area contributed by atoms with Crippen LogP contribution in [-0.4, -0.2) is 25.1 Å². The lowest BCUT2D eigenvalue weighted by Crippen LogP contribution is -2.39. The summed E-state index contributed by atoms with van der Waals surface area (Å²) in [6.07, 6.45) is 20.1. The van der Waals surface area contributed by atoms with Crippen molar-refractivity contribution in [1.82, 2.24) is 0 Å². The van der Waals surface area contributed by atoms with Crippen LogP contribution in [0.25, 0.3) is 10.8 Å². The summed E-state index contributed by atoms with van der Waals surface area (Å²) in [5.41, 5.74) is 1.49. The minimum atomic E-state index is 1.09. The molecule has 1 nitrogen and oxygen atoms in total. The van der Waals surface area contributed by atoms with Crippen LogP contribution in [0.4, 0.5) is 0 Å². The second-order valence-corrected chi connectivity index (χ2v) is 10.1. The summed E-state index contributed by atoms with van der Waals surface area (Å²) in [6, 6.07) is 15.6. The Kier molecular flexibility index (Phi) is 12.2. The van der Waals surface area contributed by atoms with Gasteiger partial charge in [0.25, 0.3) is 0 Å². The molecule has 0 fully saturated rings. The first-order valence-corrected chi connectivity index (χ1v) is 12.9. The minimum Gasteiger partial charge on any atom is -0.325 e. The molecule has 2 aromatic rings. The second kappa shape index (κ2) is 14.6. The number of hydrogen-bond donors (Lipinski definition) is 0. The zero-order valence-electron chi connectivity index (χ0n) is 20.3. The van der Waals surface area contributed by atoms with Crippen LogP contribution in [-0.2, 0) is 6.54 Å². The molecular formula is C29H48N+. The molecular weight excluding hydrogens is 362 g/mol. The van der Waals surface area contributed by atoms with Crippen LogP contribution in [0.5, 0.6) is 0 Å². The minimum absolute atomic E-state index is 1.09. The highest BCUT2D eigenvalue weighted by Crippen LogP contribution is 2.22. The molecule has 0 bridgehead atoms. The summed E-state index contributed by atoms with van der Waals surface area (Å²) in [5, 5.41) is 2.79. The lowest BCUT2D eigenvalue weighted by Gasteiger charge is -2.30. The first-order chi connectivity index (χ1) is 14.6. The fraction of sp³-hybridized carbons (Fsp3) is 0.655. The number of benzene rings is 2. The summed E-state index contributed by atoms with van der Waals surface area (Å²) in [6.45, 7) is 4.70. The normalized spacial score (nSPS) is 12.0. The second-order valence-electron chi connectivity index (χ2n) is 10.1. The standard InChI is InChI=1S/C29H48N/c1-4-5-6-7-8-9-10-11-12-13-14-15-16-19-25-30(2,3)26-28-23-20-22-27-21-17-18-24-29(27)28/h17-18,20-24H,4-16,19,25-26H2,1-3H3/q+1. The quantitative estimate of drug-likeness (QED) is 0.180. The predicted octanol–water partition coefficient (Wildman–Crippen LogP) is 8.90. The van der Waals surface area contributed by atoms with E-state index in [2.05, 4.69) is 63.5 Å². The maximum atomic E-state index is 2.39. The average Bonchev–Trinajstić information content (AvgIpc) is 2.74. The van der Waals surface area contributed by atoms with Crippen LogP contribution in [0.1, 0.15) is 102 Å². The van der Waals surface area contributed by atoms with Crippen LogP contribution in [0.3, 0.4) is 0 Å². The molecule has 168 valence electrons. The topological polar surface area (TPSA) is 0 Å². The van der Waals surface area contributed by atoms with Crippen molar-refractivity contribution in [2.24, 2.45) is 0 Å². The summed E-state index contributed by atoms with van der Waals surface area (Å²) in [4.78, 5) is 0. The third kappa shape index (κ3) is 10.1. The van der Waals surface area contributed by atoms with Gasteiger partial charge in [0.05, 0.1) is 20.6 Å². The Labute approximate surface area is 187 Å². The SMILES string of the molecule is CCCCCCCCCCCCCCCC[N+](C)(C)Cc1cccc2ccccc12. The monoisotopic (exact) mass is 410 g/mol. The van der Waals surface area contributed by atoms with Gasteiger partial charge in [-0.05, 0) is 23.6 Å². The Morgan fingerprint density at radius 1 is 0.567 bits per heavy atom. The summed E-state index contributed by atoms with van der Waals surface area (Å²) >= 11 is 0. The van der Waals surface area contributed by atoms with Crippen molar-refractivity contribution in [2.75, 3.05) is 20.6 Å². The van der Waals surface area contributed by atoms with Crippen LogP contribution in [0.2, 0.25) is 0 Å². The van der Waals surface area contributed by atoms with Gasteiger partial charge in [0.15, 0.2) is 0 Å². The van der Waals surface area contributed by atoms with Crippen molar-refractivity contribution in [1.29, 1.82) is 0 Å². The van der Waals surface area contributed by atoms with E-state index in [9.17, 15) is 0 Å². The maximum absolute atomic E-state index is 2.39. The van der Waals surface area contributed by atoms with E-state index in [1.54, 1.807) is 0 Å². The van der Waals surface area contributed by atoms with Crippen molar-refractivity contribution >= 4 is 10.8 Å². The molecule has 0 unspecified atom stereocenters. The predicted molar refractivity (Wildman–Crippen MR) is 135 cm³/mol. The van der Waals surface area contributed by atoms with Crippen LogP contribution in [0.15, 0.2) is 42.5 Å². The molecule has 0 heterocycles. The molecule has 0 amide bonds. The molecule has 0 N–H and O–H groups in total. The Bertz CT molecular complexity index is 682. The lowest BCUT2D eigenvalue weighted by atomic mass is 10.0. The summed E-state index contributed by atoms with van der Waals surface area (Å²) < 4.78 is 1.09. The van der Waals surface area contributed by atoms with Crippen LogP contribution in [0, 0.1) is 0 Å². The van der Waals surface area contributed by atoms with E-state index in [4.69, 9.17) is 0 Å². The summed E-state index contributed by atoms with van der Waals surface area (Å²) in [5.74, 6) is 0. The number of hydrogen-bond acceptors (Lipinski definition) is 0. The number of quaternary nitrogens is 1. The van der Waals surface area contributed by atoms with Gasteiger partial charge < -0.3 is 4.48 Å². The van der Waals surface area contributed by atoms with Gasteiger partial charge in [-0.2, -0.15) is 0 Å². The fourth-order valence-electron chi connectivity index (χ4n) is 4.70. The van der Waals surface area contributed by atoms with E-state index in [0.717, 1.165) is 11.0 Å². The molecule has 2 rings (SSSR count). The zero-order chi connectivity index (χ0) is 21.5. The molecule has 0 saturated heterocycles. The zero-order valence-corrected chi connectivity index (χ0v) is 20.3. The number of fused-ring (bicyclic) bond motifs is 1.